The van der Waals surface area contributed by atoms with Gasteiger partial charge in [-0.3, -0.25) is 4.90 Å². The van der Waals surface area contributed by atoms with E-state index in [1.54, 1.807) is 0 Å². The molecule has 0 aromatic rings. The molecule has 0 saturated carbocycles. The molecular formula is C17H33N3O. The summed E-state index contributed by atoms with van der Waals surface area (Å²) in [6.45, 7) is 13.9. The Morgan fingerprint density at radius 1 is 1.10 bits per heavy atom. The van der Waals surface area contributed by atoms with Gasteiger partial charge in [-0.2, -0.15) is 0 Å². The lowest BCUT2D eigenvalue weighted by Crippen LogP contribution is -2.52. The van der Waals surface area contributed by atoms with Gasteiger partial charge in [0.1, 0.15) is 0 Å². The van der Waals surface area contributed by atoms with Crippen molar-refractivity contribution in [2.24, 2.45) is 11.8 Å². The maximum atomic E-state index is 5.52. The summed E-state index contributed by atoms with van der Waals surface area (Å²) in [5, 5.41) is 3.94. The summed E-state index contributed by atoms with van der Waals surface area (Å²) in [5.41, 5.74) is 0. The summed E-state index contributed by atoms with van der Waals surface area (Å²) in [6.07, 6.45) is 4.06. The molecular weight excluding hydrogens is 262 g/mol. The predicted molar refractivity (Wildman–Crippen MR) is 86.6 cm³/mol. The van der Waals surface area contributed by atoms with Crippen LogP contribution in [-0.2, 0) is 4.74 Å². The van der Waals surface area contributed by atoms with Crippen LogP contribution in [-0.4, -0.2) is 74.4 Å². The maximum Gasteiger partial charge on any atom is 0.0594 e. The van der Waals surface area contributed by atoms with E-state index in [0.717, 1.165) is 44.2 Å². The average Bonchev–Trinajstić information content (AvgIpc) is 2.88. The Bertz CT molecular complexity index is 317. The largest absolute Gasteiger partial charge is 0.379 e. The highest BCUT2D eigenvalue weighted by Crippen LogP contribution is 2.27. The molecule has 4 unspecified atom stereocenters. The molecule has 3 aliphatic rings. The van der Waals surface area contributed by atoms with Crippen LogP contribution < -0.4 is 5.32 Å². The molecule has 0 amide bonds. The zero-order valence-electron chi connectivity index (χ0n) is 13.9. The molecule has 0 spiro atoms. The van der Waals surface area contributed by atoms with Crippen LogP contribution in [0.4, 0.5) is 0 Å². The van der Waals surface area contributed by atoms with Crippen molar-refractivity contribution in [2.45, 2.75) is 45.2 Å². The molecule has 3 heterocycles. The SMILES string of the molecule is CC(C)CC(CNC1CCN2CCC1C2)N1CCOCC1. The van der Waals surface area contributed by atoms with Gasteiger partial charge in [0, 0.05) is 38.3 Å². The van der Waals surface area contributed by atoms with Crippen molar-refractivity contribution >= 4 is 0 Å². The zero-order valence-corrected chi connectivity index (χ0v) is 13.9. The lowest BCUT2D eigenvalue weighted by Gasteiger charge is -2.38. The normalized spacial score (nSPS) is 35.3. The Morgan fingerprint density at radius 3 is 2.62 bits per heavy atom. The Morgan fingerprint density at radius 2 is 1.86 bits per heavy atom. The molecule has 3 saturated heterocycles. The number of hydrogen-bond donors (Lipinski definition) is 1. The molecule has 3 fully saturated rings. The summed E-state index contributed by atoms with van der Waals surface area (Å²) < 4.78 is 5.52. The van der Waals surface area contributed by atoms with Gasteiger partial charge in [0.05, 0.1) is 13.2 Å². The fourth-order valence-electron chi connectivity index (χ4n) is 4.36. The topological polar surface area (TPSA) is 27.7 Å². The van der Waals surface area contributed by atoms with Crippen LogP contribution in [0, 0.1) is 11.8 Å². The standard InChI is InChI=1S/C17H33N3O/c1-14(2)11-16(20-7-9-21-10-8-20)12-18-17-4-6-19-5-3-15(17)13-19/h14-18H,3-13H2,1-2H3. The second-order valence-corrected chi connectivity index (χ2v) is 7.58. The number of morpholine rings is 1. The molecule has 0 radical (unpaired) electrons. The fraction of sp³-hybridized carbons (Fsp3) is 1.00. The van der Waals surface area contributed by atoms with E-state index in [0.29, 0.717) is 6.04 Å². The van der Waals surface area contributed by atoms with Crippen molar-refractivity contribution in [3.8, 4) is 0 Å². The molecule has 4 atom stereocenters. The molecule has 4 heteroatoms. The van der Waals surface area contributed by atoms with E-state index in [-0.39, 0.29) is 0 Å². The predicted octanol–water partition coefficient (Wildman–Crippen LogP) is 1.42. The van der Waals surface area contributed by atoms with Crippen LogP contribution >= 0.6 is 0 Å². The van der Waals surface area contributed by atoms with Gasteiger partial charge in [-0.1, -0.05) is 13.8 Å². The molecule has 3 rings (SSSR count). The first kappa shape index (κ1) is 15.7. The van der Waals surface area contributed by atoms with Crippen molar-refractivity contribution in [3.05, 3.63) is 0 Å². The van der Waals surface area contributed by atoms with Gasteiger partial charge in [-0.15, -0.1) is 0 Å². The summed E-state index contributed by atoms with van der Waals surface area (Å²) >= 11 is 0. The quantitative estimate of drug-likeness (QED) is 0.802. The van der Waals surface area contributed by atoms with Gasteiger partial charge in [0.15, 0.2) is 0 Å². The minimum Gasteiger partial charge on any atom is -0.379 e. The third-order valence-electron chi connectivity index (χ3n) is 5.56. The van der Waals surface area contributed by atoms with E-state index in [4.69, 9.17) is 4.74 Å². The summed E-state index contributed by atoms with van der Waals surface area (Å²) in [7, 11) is 0. The highest BCUT2D eigenvalue weighted by atomic mass is 16.5. The molecule has 122 valence electrons. The summed E-state index contributed by atoms with van der Waals surface area (Å²) in [6, 6.07) is 1.45. The highest BCUT2D eigenvalue weighted by Gasteiger charge is 2.34. The number of rotatable bonds is 6. The van der Waals surface area contributed by atoms with Crippen molar-refractivity contribution in [2.75, 3.05) is 52.5 Å². The number of piperidine rings is 1. The van der Waals surface area contributed by atoms with E-state index in [1.165, 1.54) is 45.4 Å². The van der Waals surface area contributed by atoms with E-state index in [2.05, 4.69) is 29.0 Å². The smallest absolute Gasteiger partial charge is 0.0594 e. The number of fused-ring (bicyclic) bond motifs is 2. The van der Waals surface area contributed by atoms with Crippen molar-refractivity contribution in [1.29, 1.82) is 0 Å². The van der Waals surface area contributed by atoms with Crippen LogP contribution in [0.1, 0.15) is 33.1 Å². The first-order valence-corrected chi connectivity index (χ1v) is 9.00. The highest BCUT2D eigenvalue weighted by molar-refractivity contribution is 4.91. The second kappa shape index (κ2) is 7.40. The number of ether oxygens (including phenoxy) is 1. The molecule has 21 heavy (non-hydrogen) atoms. The number of nitrogens with one attached hydrogen (secondary N) is 1. The van der Waals surface area contributed by atoms with E-state index in [9.17, 15) is 0 Å². The van der Waals surface area contributed by atoms with E-state index < -0.39 is 0 Å². The average molecular weight is 295 g/mol. The van der Waals surface area contributed by atoms with Crippen LogP contribution in [0.3, 0.4) is 0 Å². The van der Waals surface area contributed by atoms with Crippen molar-refractivity contribution < 1.29 is 4.74 Å². The first-order valence-electron chi connectivity index (χ1n) is 9.00. The Hall–Kier alpha value is -0.160. The first-order chi connectivity index (χ1) is 10.2. The monoisotopic (exact) mass is 295 g/mol. The van der Waals surface area contributed by atoms with Gasteiger partial charge < -0.3 is 15.0 Å². The fourth-order valence-corrected chi connectivity index (χ4v) is 4.36. The molecule has 2 bridgehead atoms. The van der Waals surface area contributed by atoms with Crippen LogP contribution in [0.5, 0.6) is 0 Å². The third kappa shape index (κ3) is 4.19. The Kier molecular flexibility index (Phi) is 5.54. The molecule has 0 aliphatic carbocycles. The molecule has 0 aromatic heterocycles. The third-order valence-corrected chi connectivity index (χ3v) is 5.56. The molecule has 1 N–H and O–H groups in total. The van der Waals surface area contributed by atoms with Crippen LogP contribution in [0.15, 0.2) is 0 Å². The van der Waals surface area contributed by atoms with Gasteiger partial charge in [-0.05, 0) is 44.2 Å². The van der Waals surface area contributed by atoms with Crippen molar-refractivity contribution in [1.82, 2.24) is 15.1 Å². The summed E-state index contributed by atoms with van der Waals surface area (Å²) in [5.74, 6) is 1.68. The van der Waals surface area contributed by atoms with Crippen molar-refractivity contribution in [3.63, 3.8) is 0 Å². The minimum atomic E-state index is 0.688. The molecule has 3 aliphatic heterocycles. The maximum absolute atomic E-state index is 5.52. The van der Waals surface area contributed by atoms with Crippen LogP contribution in [0.2, 0.25) is 0 Å². The molecule has 0 aromatic carbocycles. The number of nitrogens with zero attached hydrogens (tertiary/aromatic N) is 2. The van der Waals surface area contributed by atoms with Crippen LogP contribution in [0.25, 0.3) is 0 Å². The van der Waals surface area contributed by atoms with E-state index in [1.807, 2.05) is 0 Å². The van der Waals surface area contributed by atoms with Gasteiger partial charge >= 0.3 is 0 Å². The van der Waals surface area contributed by atoms with Gasteiger partial charge in [0.2, 0.25) is 0 Å². The lowest BCUT2D eigenvalue weighted by molar-refractivity contribution is 0.0110. The second-order valence-electron chi connectivity index (χ2n) is 7.58. The molecule has 4 nitrogen and oxygen atoms in total. The lowest BCUT2D eigenvalue weighted by atomic mass is 9.93. The van der Waals surface area contributed by atoms with Gasteiger partial charge in [-0.25, -0.2) is 0 Å². The number of hydrogen-bond acceptors (Lipinski definition) is 4. The summed E-state index contributed by atoms with van der Waals surface area (Å²) in [4.78, 5) is 5.29. The Balaban J connectivity index is 1.51. The Labute approximate surface area is 130 Å². The minimum absolute atomic E-state index is 0.688. The van der Waals surface area contributed by atoms with Gasteiger partial charge in [0.25, 0.3) is 0 Å². The zero-order chi connectivity index (χ0) is 14.7. The van der Waals surface area contributed by atoms with E-state index >= 15 is 0 Å².